The van der Waals surface area contributed by atoms with Gasteiger partial charge in [-0.15, -0.1) is 0 Å². The molecule has 1 amide bonds. The quantitative estimate of drug-likeness (QED) is 0.593. The number of ether oxygens (including phenoxy) is 1. The first kappa shape index (κ1) is 18.0. The first-order valence-corrected chi connectivity index (χ1v) is 7.48. The van der Waals surface area contributed by atoms with E-state index in [4.69, 9.17) is 9.84 Å². The molecule has 0 radical (unpaired) electrons. The van der Waals surface area contributed by atoms with Crippen LogP contribution >= 0.6 is 0 Å². The molecule has 0 unspecified atom stereocenters. The molecule has 0 aliphatic heterocycles. The number of hydrogen-bond acceptors (Lipinski definition) is 5. The fourth-order valence-corrected chi connectivity index (χ4v) is 1.97. The Hall–Kier alpha value is -3.36. The van der Waals surface area contributed by atoms with E-state index in [9.17, 15) is 19.2 Å². The van der Waals surface area contributed by atoms with Crippen LogP contribution in [0.2, 0.25) is 0 Å². The molecule has 2 aromatic rings. The number of aromatic nitrogens is 2. The van der Waals surface area contributed by atoms with Crippen LogP contribution in [0.25, 0.3) is 0 Å². The van der Waals surface area contributed by atoms with E-state index in [1.54, 1.807) is 24.3 Å². The van der Waals surface area contributed by atoms with Gasteiger partial charge in [-0.25, -0.2) is 4.79 Å². The minimum absolute atomic E-state index is 0.0399. The molecule has 0 spiro atoms. The average molecular weight is 347 g/mol. The highest BCUT2D eigenvalue weighted by Gasteiger charge is 2.06. The zero-order valence-corrected chi connectivity index (χ0v) is 13.2. The molecule has 0 saturated carbocycles. The highest BCUT2D eigenvalue weighted by molar-refractivity contribution is 5.90. The first-order valence-electron chi connectivity index (χ1n) is 7.48. The number of aliphatic carboxylic acids is 1. The summed E-state index contributed by atoms with van der Waals surface area (Å²) in [5.41, 5.74) is -0.672. The van der Waals surface area contributed by atoms with Crippen LogP contribution in [0.1, 0.15) is 12.8 Å². The van der Waals surface area contributed by atoms with E-state index in [-0.39, 0.29) is 19.6 Å². The summed E-state index contributed by atoms with van der Waals surface area (Å²) in [5.74, 6) is -0.743. The lowest BCUT2D eigenvalue weighted by molar-refractivity contribution is -0.137. The number of nitrogens with one attached hydrogen (secondary N) is 2. The van der Waals surface area contributed by atoms with Gasteiger partial charge in [-0.3, -0.25) is 23.9 Å². The molecule has 0 aliphatic carbocycles. The lowest BCUT2D eigenvalue weighted by atomic mass is 10.3. The lowest BCUT2D eigenvalue weighted by Crippen LogP contribution is -2.32. The van der Waals surface area contributed by atoms with Crippen LogP contribution in [0.15, 0.2) is 46.1 Å². The highest BCUT2D eigenvalue weighted by atomic mass is 16.5. The minimum Gasteiger partial charge on any atom is -0.494 e. The van der Waals surface area contributed by atoms with Gasteiger partial charge >= 0.3 is 11.7 Å². The molecule has 0 fully saturated rings. The molecular formula is C16H17N3O6. The second-order valence-electron chi connectivity index (χ2n) is 5.16. The number of rotatable bonds is 8. The van der Waals surface area contributed by atoms with Crippen LogP contribution in [0, 0.1) is 0 Å². The fourth-order valence-electron chi connectivity index (χ4n) is 1.97. The van der Waals surface area contributed by atoms with Gasteiger partial charge in [0.15, 0.2) is 0 Å². The normalized spacial score (nSPS) is 10.2. The van der Waals surface area contributed by atoms with E-state index in [1.165, 1.54) is 6.20 Å². The van der Waals surface area contributed by atoms with Gasteiger partial charge in [-0.1, -0.05) is 0 Å². The predicted octanol–water partition coefficient (Wildman–Crippen LogP) is 0.419. The Kier molecular flexibility index (Phi) is 6.10. The zero-order valence-electron chi connectivity index (χ0n) is 13.2. The number of hydrogen-bond donors (Lipinski definition) is 3. The van der Waals surface area contributed by atoms with Crippen molar-refractivity contribution in [3.63, 3.8) is 0 Å². The maximum Gasteiger partial charge on any atom is 0.328 e. The van der Waals surface area contributed by atoms with E-state index < -0.39 is 23.1 Å². The number of anilines is 1. The molecule has 25 heavy (non-hydrogen) atoms. The number of nitrogens with zero attached hydrogens (tertiary/aromatic N) is 1. The lowest BCUT2D eigenvalue weighted by Gasteiger charge is -2.09. The van der Waals surface area contributed by atoms with E-state index in [1.807, 2.05) is 0 Å². The number of benzene rings is 1. The third kappa shape index (κ3) is 5.98. The minimum atomic E-state index is -0.872. The van der Waals surface area contributed by atoms with Crippen molar-refractivity contribution in [1.82, 2.24) is 9.55 Å². The van der Waals surface area contributed by atoms with Crippen LogP contribution in [-0.4, -0.2) is 33.1 Å². The number of carboxylic acid groups (broad SMARTS) is 1. The van der Waals surface area contributed by atoms with Crippen LogP contribution in [0.3, 0.4) is 0 Å². The summed E-state index contributed by atoms with van der Waals surface area (Å²) >= 11 is 0. The van der Waals surface area contributed by atoms with Gasteiger partial charge in [0.05, 0.1) is 6.61 Å². The van der Waals surface area contributed by atoms with Gasteiger partial charge in [-0.05, 0) is 30.7 Å². The summed E-state index contributed by atoms with van der Waals surface area (Å²) in [6, 6.07) is 7.69. The van der Waals surface area contributed by atoms with Crippen molar-refractivity contribution < 1.29 is 19.4 Å². The Morgan fingerprint density at radius 1 is 1.16 bits per heavy atom. The van der Waals surface area contributed by atoms with E-state index in [2.05, 4.69) is 10.3 Å². The second-order valence-corrected chi connectivity index (χ2v) is 5.16. The molecule has 1 aromatic carbocycles. The maximum absolute atomic E-state index is 11.9. The number of aromatic amines is 1. The average Bonchev–Trinajstić information content (AvgIpc) is 2.55. The zero-order chi connectivity index (χ0) is 18.2. The fraction of sp³-hybridized carbons (Fsp3) is 0.250. The number of carboxylic acids is 1. The van der Waals surface area contributed by atoms with Crippen molar-refractivity contribution in [2.75, 3.05) is 11.9 Å². The standard InChI is InChI=1S/C16H17N3O6/c20-13-7-8-19(16(24)18-13)10-14(21)17-11-3-5-12(6-4-11)25-9-1-2-15(22)23/h3-8H,1-2,9-10H2,(H,17,21)(H,22,23)(H,18,20,24). The van der Waals surface area contributed by atoms with E-state index >= 15 is 0 Å². The van der Waals surface area contributed by atoms with Crippen LogP contribution in [0.4, 0.5) is 5.69 Å². The van der Waals surface area contributed by atoms with Gasteiger partial charge in [0.2, 0.25) is 5.91 Å². The van der Waals surface area contributed by atoms with Crippen LogP contribution < -0.4 is 21.3 Å². The Balaban J connectivity index is 1.85. The molecule has 1 aromatic heterocycles. The van der Waals surface area contributed by atoms with E-state index in [0.29, 0.717) is 17.9 Å². The maximum atomic E-state index is 11.9. The number of amides is 1. The molecule has 0 atom stereocenters. The first-order chi connectivity index (χ1) is 11.9. The summed E-state index contributed by atoms with van der Waals surface area (Å²) in [6.45, 7) is 0.0518. The van der Waals surface area contributed by atoms with Crippen molar-refractivity contribution in [3.8, 4) is 5.75 Å². The Labute approximate surface area is 141 Å². The molecule has 9 nitrogen and oxygen atoms in total. The largest absolute Gasteiger partial charge is 0.494 e. The van der Waals surface area contributed by atoms with Crippen molar-refractivity contribution in [2.24, 2.45) is 0 Å². The number of carbonyl (C=O) groups is 2. The molecule has 3 N–H and O–H groups in total. The molecule has 132 valence electrons. The molecule has 9 heteroatoms. The van der Waals surface area contributed by atoms with Gasteiger partial charge in [0.1, 0.15) is 12.3 Å². The molecule has 0 saturated heterocycles. The Morgan fingerprint density at radius 3 is 2.52 bits per heavy atom. The molecule has 2 rings (SSSR count). The van der Waals surface area contributed by atoms with Crippen LogP contribution in [0.5, 0.6) is 5.75 Å². The number of carbonyl (C=O) groups excluding carboxylic acids is 1. The van der Waals surface area contributed by atoms with E-state index in [0.717, 1.165) is 10.6 Å². The second kappa shape index (κ2) is 8.48. The summed E-state index contributed by atoms with van der Waals surface area (Å²) in [5, 5.41) is 11.2. The van der Waals surface area contributed by atoms with Crippen molar-refractivity contribution in [2.45, 2.75) is 19.4 Å². The number of H-pyrrole nitrogens is 1. The van der Waals surface area contributed by atoms with Crippen molar-refractivity contribution in [3.05, 3.63) is 57.4 Å². The third-order valence-corrected chi connectivity index (χ3v) is 3.15. The third-order valence-electron chi connectivity index (χ3n) is 3.15. The van der Waals surface area contributed by atoms with Gasteiger partial charge in [0, 0.05) is 24.4 Å². The molecule has 0 bridgehead atoms. The van der Waals surface area contributed by atoms with Crippen molar-refractivity contribution >= 4 is 17.6 Å². The highest BCUT2D eigenvalue weighted by Crippen LogP contribution is 2.16. The molecule has 1 heterocycles. The summed E-state index contributed by atoms with van der Waals surface area (Å²) in [7, 11) is 0. The predicted molar refractivity (Wildman–Crippen MR) is 88.8 cm³/mol. The van der Waals surface area contributed by atoms with Gasteiger partial charge in [-0.2, -0.15) is 0 Å². The molecular weight excluding hydrogens is 330 g/mol. The van der Waals surface area contributed by atoms with Crippen molar-refractivity contribution in [1.29, 1.82) is 0 Å². The SMILES string of the molecule is O=C(O)CCCOc1ccc(NC(=O)Cn2ccc(=O)[nH]c2=O)cc1. The monoisotopic (exact) mass is 347 g/mol. The molecule has 0 aliphatic rings. The van der Waals surface area contributed by atoms with Gasteiger partial charge < -0.3 is 15.2 Å². The summed E-state index contributed by atoms with van der Waals surface area (Å²) < 4.78 is 6.46. The van der Waals surface area contributed by atoms with Crippen LogP contribution in [-0.2, 0) is 16.1 Å². The Morgan fingerprint density at radius 2 is 1.88 bits per heavy atom. The summed E-state index contributed by atoms with van der Waals surface area (Å²) in [6.07, 6.45) is 1.69. The smallest absolute Gasteiger partial charge is 0.328 e. The summed E-state index contributed by atoms with van der Waals surface area (Å²) in [4.78, 5) is 46.9. The van der Waals surface area contributed by atoms with Gasteiger partial charge in [0.25, 0.3) is 5.56 Å². The Bertz CT molecular complexity index is 853. The topological polar surface area (TPSA) is 130 Å².